The van der Waals surface area contributed by atoms with E-state index in [0.29, 0.717) is 11.3 Å². The third kappa shape index (κ3) is 3.53. The van der Waals surface area contributed by atoms with Gasteiger partial charge in [0.05, 0.1) is 17.2 Å². The molecule has 0 saturated carbocycles. The topological polar surface area (TPSA) is 199 Å². The first kappa shape index (κ1) is 22.5. The fraction of sp³-hybridized carbons (Fsp3) is 0.278. The number of imidazole rings is 2. The van der Waals surface area contributed by atoms with Gasteiger partial charge < -0.3 is 28.8 Å². The molecule has 0 spiro atoms. The van der Waals surface area contributed by atoms with E-state index in [0.717, 1.165) is 0 Å². The van der Waals surface area contributed by atoms with Crippen LogP contribution in [0.15, 0.2) is 40.0 Å². The van der Waals surface area contributed by atoms with Gasteiger partial charge in [-0.25, -0.2) is 9.38 Å². The van der Waals surface area contributed by atoms with E-state index in [1.165, 1.54) is 33.4 Å². The van der Waals surface area contributed by atoms with Crippen LogP contribution in [-0.4, -0.2) is 58.9 Å². The minimum absolute atomic E-state index is 0.0447. The number of aromatic amines is 1. The lowest BCUT2D eigenvalue weighted by atomic mass is 10.1. The number of hydrogen-bond acceptors (Lipinski definition) is 11. The molecular formula is C18H13BrN6O9P-. The smallest absolute Gasteiger partial charge is 0.287 e. The predicted molar refractivity (Wildman–Crippen MR) is 117 cm³/mol. The van der Waals surface area contributed by atoms with Crippen molar-refractivity contribution in [2.75, 3.05) is 6.61 Å². The van der Waals surface area contributed by atoms with Crippen molar-refractivity contribution in [3.63, 3.8) is 0 Å². The molecule has 2 fully saturated rings. The summed E-state index contributed by atoms with van der Waals surface area (Å²) < 4.78 is 29.6. The summed E-state index contributed by atoms with van der Waals surface area (Å²) in [5.41, 5.74) is 0.178. The van der Waals surface area contributed by atoms with E-state index in [1.807, 2.05) is 0 Å². The Hall–Kier alpha value is -2.98. The van der Waals surface area contributed by atoms with Gasteiger partial charge in [0.25, 0.3) is 19.1 Å². The van der Waals surface area contributed by atoms with E-state index in [9.17, 15) is 29.5 Å². The number of aliphatic hydroxyl groups is 1. The van der Waals surface area contributed by atoms with Gasteiger partial charge in [-0.2, -0.15) is 4.98 Å². The Balaban J connectivity index is 1.46. The summed E-state index contributed by atoms with van der Waals surface area (Å²) in [7, 11) is -4.58. The average Bonchev–Trinajstić information content (AvgIpc) is 3.48. The second-order valence-electron chi connectivity index (χ2n) is 7.88. The largest absolute Gasteiger partial charge is 0.756 e. The molecule has 0 aliphatic carbocycles. The number of H-pyrrole nitrogens is 1. The Kier molecular flexibility index (Phi) is 4.98. The lowest BCUT2D eigenvalue weighted by Gasteiger charge is -2.34. The summed E-state index contributed by atoms with van der Waals surface area (Å²) in [6, 6.07) is 5.85. The van der Waals surface area contributed by atoms with Gasteiger partial charge in [0.1, 0.15) is 18.3 Å². The number of nitrogens with zero attached hydrogens (tertiary/aromatic N) is 5. The van der Waals surface area contributed by atoms with Crippen LogP contribution in [0, 0.1) is 10.1 Å². The average molecular weight is 568 g/mol. The fourth-order valence-electron chi connectivity index (χ4n) is 4.20. The maximum Gasteiger partial charge on any atom is 0.287 e. The highest BCUT2D eigenvalue weighted by atomic mass is 79.9. The normalized spacial score (nSPS) is 28.5. The molecule has 5 heterocycles. The third-order valence-corrected chi connectivity index (χ3v) is 7.31. The van der Waals surface area contributed by atoms with Gasteiger partial charge in [0, 0.05) is 23.9 Å². The molecule has 2 saturated heterocycles. The molecule has 15 nitrogen and oxygen atoms in total. The van der Waals surface area contributed by atoms with Crippen molar-refractivity contribution in [2.24, 2.45) is 0 Å². The van der Waals surface area contributed by atoms with Gasteiger partial charge >= 0.3 is 0 Å². The number of benzene rings is 1. The van der Waals surface area contributed by atoms with Gasteiger partial charge in [-0.1, -0.05) is 12.1 Å². The van der Waals surface area contributed by atoms with Crippen molar-refractivity contribution in [3.8, 4) is 11.3 Å². The van der Waals surface area contributed by atoms with Crippen LogP contribution in [0.3, 0.4) is 0 Å². The number of phosphoric acid groups is 1. The molecule has 5 atom stereocenters. The first-order valence-electron chi connectivity index (χ1n) is 10.0. The second kappa shape index (κ2) is 7.76. The zero-order chi connectivity index (χ0) is 24.6. The lowest BCUT2D eigenvalue weighted by Crippen LogP contribution is -2.41. The number of non-ortho nitro benzene ring substituents is 1. The van der Waals surface area contributed by atoms with Crippen LogP contribution in [-0.2, 0) is 18.3 Å². The number of rotatable bonds is 3. The fourth-order valence-corrected chi connectivity index (χ4v) is 5.70. The molecule has 2 aliphatic heterocycles. The number of hydrogen-bond donors (Lipinski definition) is 2. The van der Waals surface area contributed by atoms with Crippen LogP contribution in [0.5, 0.6) is 0 Å². The van der Waals surface area contributed by atoms with Crippen molar-refractivity contribution in [1.82, 2.24) is 23.9 Å². The molecular weight excluding hydrogens is 555 g/mol. The monoisotopic (exact) mass is 567 g/mol. The standard InChI is InChI=1S/C18H14BrN6O9P/c19-17-21-11-14(24(17)16-12(26)13-10(33-16)6-32-35(30,31)34-13)22-18-20-9(5-23(18)15(11)27)7-2-1-3-8(4-7)25(28)29/h1-5,10,12-13,16,26H,6H2,(H,20,22)(H,30,31)/p-1/t10?,12?,13-,16-/m1/s1. The maximum absolute atomic E-state index is 13.2. The SMILES string of the molecule is O=c1c2nc(Br)n([C@@H]3OC4COP(=O)([O-])O[C@H]4C3O)c2nc2[nH]c(-c3cccc([N+](=O)[O-])c3)cn12. The van der Waals surface area contributed by atoms with Crippen molar-refractivity contribution < 1.29 is 33.3 Å². The number of nitrogens with one attached hydrogen (secondary N) is 1. The van der Waals surface area contributed by atoms with E-state index in [1.54, 1.807) is 6.07 Å². The van der Waals surface area contributed by atoms with Crippen molar-refractivity contribution >= 4 is 46.4 Å². The van der Waals surface area contributed by atoms with E-state index >= 15 is 0 Å². The van der Waals surface area contributed by atoms with Gasteiger partial charge in [0.15, 0.2) is 22.1 Å². The molecule has 4 aromatic rings. The molecule has 3 unspecified atom stereocenters. The van der Waals surface area contributed by atoms with Crippen molar-refractivity contribution in [3.05, 3.63) is 55.7 Å². The predicted octanol–water partition coefficient (Wildman–Crippen LogP) is 0.852. The molecule has 0 amide bonds. The van der Waals surface area contributed by atoms with Crippen molar-refractivity contribution in [1.29, 1.82) is 0 Å². The number of aromatic nitrogens is 5. The Morgan fingerprint density at radius 3 is 2.91 bits per heavy atom. The summed E-state index contributed by atoms with van der Waals surface area (Å²) >= 11 is 3.25. The van der Waals surface area contributed by atoms with E-state index in [4.69, 9.17) is 9.26 Å². The highest BCUT2D eigenvalue weighted by Crippen LogP contribution is 2.50. The molecule has 182 valence electrons. The highest BCUT2D eigenvalue weighted by molar-refractivity contribution is 9.10. The number of halogens is 1. The highest BCUT2D eigenvalue weighted by Gasteiger charge is 2.51. The number of aliphatic hydroxyl groups excluding tert-OH is 1. The Labute approximate surface area is 201 Å². The molecule has 1 aromatic carbocycles. The Bertz CT molecular complexity index is 1630. The second-order valence-corrected chi connectivity index (χ2v) is 9.95. The van der Waals surface area contributed by atoms with Crippen LogP contribution in [0.1, 0.15) is 6.23 Å². The van der Waals surface area contributed by atoms with Gasteiger partial charge in [-0.15, -0.1) is 0 Å². The zero-order valence-corrected chi connectivity index (χ0v) is 19.7. The molecule has 2 aliphatic rings. The number of ether oxygens (including phenoxy) is 1. The zero-order valence-electron chi connectivity index (χ0n) is 17.2. The van der Waals surface area contributed by atoms with Crippen LogP contribution in [0.4, 0.5) is 5.69 Å². The first-order valence-corrected chi connectivity index (χ1v) is 12.3. The maximum atomic E-state index is 13.2. The van der Waals surface area contributed by atoms with Crippen molar-refractivity contribution in [2.45, 2.75) is 24.5 Å². The lowest BCUT2D eigenvalue weighted by molar-refractivity contribution is -0.384. The minimum atomic E-state index is -4.58. The molecule has 6 rings (SSSR count). The molecule has 0 bridgehead atoms. The Morgan fingerprint density at radius 1 is 1.34 bits per heavy atom. The quantitative estimate of drug-likeness (QED) is 0.154. The summed E-state index contributed by atoms with van der Waals surface area (Å²) in [5.74, 6) is 0.103. The molecule has 0 radical (unpaired) electrons. The summed E-state index contributed by atoms with van der Waals surface area (Å²) in [5, 5.41) is 21.9. The summed E-state index contributed by atoms with van der Waals surface area (Å²) in [4.78, 5) is 47.1. The number of nitro benzene ring substituents is 1. The van der Waals surface area contributed by atoms with Crippen LogP contribution >= 0.6 is 23.8 Å². The third-order valence-electron chi connectivity index (χ3n) is 5.79. The minimum Gasteiger partial charge on any atom is -0.756 e. The van der Waals surface area contributed by atoms with Crippen LogP contribution < -0.4 is 10.5 Å². The molecule has 3 aromatic heterocycles. The van der Waals surface area contributed by atoms with E-state index in [-0.39, 0.29) is 34.0 Å². The van der Waals surface area contributed by atoms with Crippen LogP contribution in [0.25, 0.3) is 28.2 Å². The van der Waals surface area contributed by atoms with Gasteiger partial charge in [-0.05, 0) is 15.9 Å². The number of phosphoric ester groups is 1. The molecule has 2 N–H and O–H groups in total. The van der Waals surface area contributed by atoms with E-state index in [2.05, 4.69) is 35.4 Å². The first-order chi connectivity index (χ1) is 16.6. The van der Waals surface area contributed by atoms with Gasteiger partial charge in [0.2, 0.25) is 5.78 Å². The molecule has 17 heteroatoms. The summed E-state index contributed by atoms with van der Waals surface area (Å²) in [6.07, 6.45) is -3.28. The number of nitro groups is 1. The van der Waals surface area contributed by atoms with Crippen LogP contribution in [0.2, 0.25) is 0 Å². The van der Waals surface area contributed by atoms with Gasteiger partial charge in [-0.3, -0.25) is 24.0 Å². The van der Waals surface area contributed by atoms with E-state index < -0.39 is 42.8 Å². The molecule has 35 heavy (non-hydrogen) atoms. The number of fused-ring (bicyclic) bond motifs is 3. The summed E-state index contributed by atoms with van der Waals surface area (Å²) in [6.45, 7) is -0.340. The Morgan fingerprint density at radius 2 is 2.14 bits per heavy atom.